The molecule has 0 bridgehead atoms. The van der Waals surface area contributed by atoms with E-state index in [9.17, 15) is 0 Å². The van der Waals surface area contributed by atoms with Crippen LogP contribution < -0.4 is 21.1 Å². The van der Waals surface area contributed by atoms with Crippen molar-refractivity contribution in [1.82, 2.24) is 15.0 Å². The highest BCUT2D eigenvalue weighted by Crippen LogP contribution is 2.17. The predicted octanol–water partition coefficient (Wildman–Crippen LogP) is 1.34. The second kappa shape index (κ2) is 7.23. The van der Waals surface area contributed by atoms with Crippen molar-refractivity contribution in [2.24, 2.45) is 17.7 Å². The highest BCUT2D eigenvalue weighted by molar-refractivity contribution is 5.44. The van der Waals surface area contributed by atoms with E-state index < -0.39 is 0 Å². The van der Waals surface area contributed by atoms with Crippen LogP contribution in [0.5, 0.6) is 0 Å². The lowest BCUT2D eigenvalue weighted by molar-refractivity contribution is 0.543. The summed E-state index contributed by atoms with van der Waals surface area (Å²) in [6, 6.07) is 0. The molecule has 7 heteroatoms. The molecule has 3 N–H and O–H groups in total. The molecule has 0 radical (unpaired) electrons. The molecular formula is C13H27N7. The van der Waals surface area contributed by atoms with Crippen LogP contribution in [-0.4, -0.2) is 42.1 Å². The third-order valence-corrected chi connectivity index (χ3v) is 2.59. The van der Waals surface area contributed by atoms with Gasteiger partial charge in [0.2, 0.25) is 17.8 Å². The van der Waals surface area contributed by atoms with Gasteiger partial charge in [-0.05, 0) is 11.8 Å². The maximum Gasteiger partial charge on any atom is 0.243 e. The van der Waals surface area contributed by atoms with Crippen molar-refractivity contribution in [2.75, 3.05) is 42.4 Å². The summed E-state index contributed by atoms with van der Waals surface area (Å²) < 4.78 is 0. The van der Waals surface area contributed by atoms with Crippen molar-refractivity contribution in [1.29, 1.82) is 0 Å². The number of rotatable bonds is 7. The summed E-state index contributed by atoms with van der Waals surface area (Å²) in [4.78, 5) is 17.2. The van der Waals surface area contributed by atoms with Crippen molar-refractivity contribution in [2.45, 2.75) is 27.7 Å². The van der Waals surface area contributed by atoms with Gasteiger partial charge in [0.05, 0.1) is 0 Å². The minimum atomic E-state index is 0.385. The summed E-state index contributed by atoms with van der Waals surface area (Å²) in [5, 5.41) is 0. The first-order valence-corrected chi connectivity index (χ1v) is 6.98. The molecular weight excluding hydrogens is 254 g/mol. The molecule has 114 valence electrons. The maximum absolute atomic E-state index is 5.45. The number of nitrogen functional groups attached to an aromatic ring is 1. The largest absolute Gasteiger partial charge is 0.347 e. The van der Waals surface area contributed by atoms with Gasteiger partial charge in [-0.3, -0.25) is 5.43 Å². The van der Waals surface area contributed by atoms with Crippen molar-refractivity contribution in [3.63, 3.8) is 0 Å². The molecule has 1 heterocycles. The van der Waals surface area contributed by atoms with Gasteiger partial charge in [-0.1, -0.05) is 27.7 Å². The molecule has 0 aliphatic carbocycles. The van der Waals surface area contributed by atoms with E-state index in [1.54, 1.807) is 0 Å². The van der Waals surface area contributed by atoms with Crippen LogP contribution in [0.15, 0.2) is 0 Å². The average Bonchev–Trinajstić information content (AvgIpc) is 2.36. The molecule has 0 unspecified atom stereocenters. The minimum Gasteiger partial charge on any atom is -0.347 e. The summed E-state index contributed by atoms with van der Waals surface area (Å²) in [5.74, 6) is 8.16. The molecule has 1 aromatic rings. The molecule has 1 aromatic heterocycles. The highest BCUT2D eigenvalue weighted by atomic mass is 15.4. The van der Waals surface area contributed by atoms with Gasteiger partial charge in [0.1, 0.15) is 0 Å². The van der Waals surface area contributed by atoms with Crippen LogP contribution in [0.2, 0.25) is 0 Å². The van der Waals surface area contributed by atoms with Crippen molar-refractivity contribution in [3.8, 4) is 0 Å². The molecule has 1 rings (SSSR count). The van der Waals surface area contributed by atoms with E-state index >= 15 is 0 Å². The summed E-state index contributed by atoms with van der Waals surface area (Å²) in [7, 11) is 3.79. The van der Waals surface area contributed by atoms with Crippen LogP contribution in [0.1, 0.15) is 27.7 Å². The van der Waals surface area contributed by atoms with Gasteiger partial charge >= 0.3 is 0 Å². The van der Waals surface area contributed by atoms with Gasteiger partial charge in [-0.15, -0.1) is 0 Å². The van der Waals surface area contributed by atoms with Crippen LogP contribution in [-0.2, 0) is 0 Å². The van der Waals surface area contributed by atoms with E-state index in [4.69, 9.17) is 5.84 Å². The second-order valence-corrected chi connectivity index (χ2v) is 5.99. The zero-order valence-corrected chi connectivity index (χ0v) is 13.4. The van der Waals surface area contributed by atoms with Crippen molar-refractivity contribution in [3.05, 3.63) is 0 Å². The van der Waals surface area contributed by atoms with E-state index in [1.165, 1.54) is 0 Å². The van der Waals surface area contributed by atoms with E-state index in [1.807, 2.05) is 19.0 Å². The third-order valence-electron chi connectivity index (χ3n) is 2.59. The van der Waals surface area contributed by atoms with Crippen molar-refractivity contribution >= 4 is 17.8 Å². The third kappa shape index (κ3) is 4.80. The van der Waals surface area contributed by atoms with Gasteiger partial charge in [0.25, 0.3) is 0 Å². The van der Waals surface area contributed by atoms with Gasteiger partial charge in [-0.25, -0.2) is 5.84 Å². The Morgan fingerprint density at radius 3 is 1.85 bits per heavy atom. The quantitative estimate of drug-likeness (QED) is 0.576. The van der Waals surface area contributed by atoms with Crippen molar-refractivity contribution < 1.29 is 0 Å². The first-order valence-electron chi connectivity index (χ1n) is 6.98. The molecule has 0 atom stereocenters. The fourth-order valence-corrected chi connectivity index (χ4v) is 1.88. The van der Waals surface area contributed by atoms with Gasteiger partial charge in [-0.2, -0.15) is 15.0 Å². The summed E-state index contributed by atoms with van der Waals surface area (Å²) >= 11 is 0. The van der Waals surface area contributed by atoms with Gasteiger partial charge in [0.15, 0.2) is 0 Å². The lowest BCUT2D eigenvalue weighted by Gasteiger charge is -2.27. The fraction of sp³-hybridized carbons (Fsp3) is 0.769. The van der Waals surface area contributed by atoms with Gasteiger partial charge in [0, 0.05) is 27.2 Å². The molecule has 0 fully saturated rings. The molecule has 0 amide bonds. The summed E-state index contributed by atoms with van der Waals surface area (Å²) in [6.07, 6.45) is 0. The predicted molar refractivity (Wildman–Crippen MR) is 83.9 cm³/mol. The Balaban J connectivity index is 3.13. The number of nitrogens with one attached hydrogen (secondary N) is 1. The lowest BCUT2D eigenvalue weighted by atomic mass is 10.1. The van der Waals surface area contributed by atoms with E-state index in [-0.39, 0.29) is 0 Å². The van der Waals surface area contributed by atoms with E-state index in [0.29, 0.717) is 29.7 Å². The molecule has 0 aliphatic heterocycles. The SMILES string of the molecule is CC(C)CN(CC(C)C)c1nc(NN)nc(N(C)C)n1. The number of hydrogen-bond acceptors (Lipinski definition) is 7. The molecule has 0 saturated carbocycles. The zero-order chi connectivity index (χ0) is 15.3. The van der Waals surface area contributed by atoms with E-state index in [2.05, 4.69) is 53.0 Å². The summed E-state index contributed by atoms with van der Waals surface area (Å²) in [6.45, 7) is 10.5. The van der Waals surface area contributed by atoms with Crippen LogP contribution in [0.4, 0.5) is 17.8 Å². The summed E-state index contributed by atoms with van der Waals surface area (Å²) in [5.41, 5.74) is 2.51. The highest BCUT2D eigenvalue weighted by Gasteiger charge is 2.16. The average molecular weight is 281 g/mol. The first-order chi connectivity index (χ1) is 9.33. The molecule has 0 aromatic carbocycles. The number of hydrogen-bond donors (Lipinski definition) is 2. The molecule has 20 heavy (non-hydrogen) atoms. The van der Waals surface area contributed by atoms with Crippen LogP contribution in [0.3, 0.4) is 0 Å². The molecule has 0 saturated heterocycles. The Morgan fingerprint density at radius 1 is 0.950 bits per heavy atom. The monoisotopic (exact) mass is 281 g/mol. The topological polar surface area (TPSA) is 83.2 Å². The number of aromatic nitrogens is 3. The Hall–Kier alpha value is -1.63. The molecule has 0 aliphatic rings. The Labute approximate surface area is 121 Å². The number of anilines is 3. The Morgan fingerprint density at radius 2 is 1.45 bits per heavy atom. The van der Waals surface area contributed by atoms with Crippen LogP contribution >= 0.6 is 0 Å². The number of nitrogens with two attached hydrogens (primary N) is 1. The second-order valence-electron chi connectivity index (χ2n) is 5.99. The van der Waals surface area contributed by atoms with E-state index in [0.717, 1.165) is 13.1 Å². The smallest absolute Gasteiger partial charge is 0.243 e. The normalized spacial score (nSPS) is 11.1. The van der Waals surface area contributed by atoms with Gasteiger partial charge < -0.3 is 9.80 Å². The Kier molecular flexibility index (Phi) is 5.94. The van der Waals surface area contributed by atoms with Crippen LogP contribution in [0.25, 0.3) is 0 Å². The lowest BCUT2D eigenvalue weighted by Crippen LogP contribution is -2.33. The van der Waals surface area contributed by atoms with Crippen LogP contribution in [0, 0.1) is 11.8 Å². The number of nitrogens with zero attached hydrogens (tertiary/aromatic N) is 5. The number of hydrazine groups is 1. The maximum atomic E-state index is 5.45. The first kappa shape index (κ1) is 16.4. The fourth-order valence-electron chi connectivity index (χ4n) is 1.88. The Bertz CT molecular complexity index is 407. The zero-order valence-electron chi connectivity index (χ0n) is 13.4. The molecule has 0 spiro atoms. The minimum absolute atomic E-state index is 0.385. The molecule has 7 nitrogen and oxygen atoms in total. The standard InChI is InChI=1S/C13H27N7/c1-9(2)7-20(8-10(3)4)13-16-11(18-14)15-12(17-13)19(5)6/h9-10H,7-8,14H2,1-6H3,(H,15,16,17,18).